The Labute approximate surface area is 97.2 Å². The summed E-state index contributed by atoms with van der Waals surface area (Å²) in [6.07, 6.45) is 0.103. The number of alkyl halides is 3. The maximum atomic E-state index is 12.1. The average Bonchev–Trinajstić information content (AvgIpc) is 2.16. The summed E-state index contributed by atoms with van der Waals surface area (Å²) < 4.78 is 28.5. The van der Waals surface area contributed by atoms with Gasteiger partial charge in [0.25, 0.3) is 0 Å². The normalized spacial score (nSPS) is 10.6. The Morgan fingerprint density at radius 2 is 2.19 bits per heavy atom. The molecule has 16 heavy (non-hydrogen) atoms. The largest absolute Gasteiger partial charge is 0.434 e. The number of benzene rings is 1. The summed E-state index contributed by atoms with van der Waals surface area (Å²) in [6.45, 7) is -1.27. The molecule has 0 heterocycles. The molecular formula is C11H11ClF2O2. The first kappa shape index (κ1) is 12.9. The molecule has 0 saturated carbocycles. The van der Waals surface area contributed by atoms with E-state index < -0.39 is 6.61 Å². The fraction of sp³-hybridized carbons (Fsp3) is 0.364. The van der Waals surface area contributed by atoms with Crippen molar-refractivity contribution in [2.75, 3.05) is 5.88 Å². The van der Waals surface area contributed by atoms with Gasteiger partial charge < -0.3 is 4.74 Å². The predicted molar refractivity (Wildman–Crippen MR) is 57.5 cm³/mol. The van der Waals surface area contributed by atoms with Crippen LogP contribution in [0.5, 0.6) is 5.75 Å². The fourth-order valence-corrected chi connectivity index (χ4v) is 1.57. The molecule has 0 bridgehead atoms. The monoisotopic (exact) mass is 248 g/mol. The number of hydrogen-bond acceptors (Lipinski definition) is 2. The van der Waals surface area contributed by atoms with E-state index in [1.54, 1.807) is 19.1 Å². The van der Waals surface area contributed by atoms with Gasteiger partial charge in [-0.25, -0.2) is 0 Å². The van der Waals surface area contributed by atoms with E-state index in [-0.39, 0.29) is 29.4 Å². The molecule has 0 aliphatic heterocycles. The van der Waals surface area contributed by atoms with Gasteiger partial charge in [0.1, 0.15) is 5.75 Å². The van der Waals surface area contributed by atoms with Crippen LogP contribution in [0.25, 0.3) is 0 Å². The van der Waals surface area contributed by atoms with E-state index >= 15 is 0 Å². The number of halogens is 3. The van der Waals surface area contributed by atoms with Crippen LogP contribution in [0.2, 0.25) is 0 Å². The Balaban J connectivity index is 3.07. The van der Waals surface area contributed by atoms with Crippen molar-refractivity contribution in [3.63, 3.8) is 0 Å². The smallest absolute Gasteiger partial charge is 0.387 e. The number of carbonyl (C=O) groups is 1. The zero-order valence-corrected chi connectivity index (χ0v) is 9.43. The first-order valence-electron chi connectivity index (χ1n) is 4.70. The summed E-state index contributed by atoms with van der Waals surface area (Å²) in [5, 5.41) is 0. The van der Waals surface area contributed by atoms with Crippen LogP contribution in [0.3, 0.4) is 0 Å². The quantitative estimate of drug-likeness (QED) is 0.590. The minimum Gasteiger partial charge on any atom is -0.434 e. The molecule has 5 heteroatoms. The molecule has 0 N–H and O–H groups in total. The van der Waals surface area contributed by atoms with E-state index in [1.807, 2.05) is 0 Å². The topological polar surface area (TPSA) is 26.3 Å². The van der Waals surface area contributed by atoms with Crippen LogP contribution in [0.4, 0.5) is 8.78 Å². The average molecular weight is 249 g/mol. The van der Waals surface area contributed by atoms with Gasteiger partial charge in [-0.15, -0.1) is 11.6 Å². The van der Waals surface area contributed by atoms with E-state index in [9.17, 15) is 13.6 Å². The number of ether oxygens (including phenoxy) is 1. The van der Waals surface area contributed by atoms with Crippen LogP contribution in [-0.4, -0.2) is 18.3 Å². The molecule has 0 unspecified atom stereocenters. The molecule has 1 aromatic carbocycles. The van der Waals surface area contributed by atoms with Crippen LogP contribution in [0.15, 0.2) is 18.2 Å². The zero-order valence-electron chi connectivity index (χ0n) is 8.67. The van der Waals surface area contributed by atoms with Gasteiger partial charge in [-0.05, 0) is 18.6 Å². The summed E-state index contributed by atoms with van der Waals surface area (Å²) in [5.41, 5.74) is 0.789. The van der Waals surface area contributed by atoms with Crippen molar-refractivity contribution in [3.8, 4) is 5.75 Å². The lowest BCUT2D eigenvalue weighted by Gasteiger charge is -2.11. The molecule has 0 amide bonds. The highest BCUT2D eigenvalue weighted by molar-refractivity contribution is 6.19. The van der Waals surface area contributed by atoms with Crippen molar-refractivity contribution < 1.29 is 18.3 Å². The fourth-order valence-electron chi connectivity index (χ4n) is 1.40. The molecular weight excluding hydrogens is 238 g/mol. The summed E-state index contributed by atoms with van der Waals surface area (Å²) >= 11 is 5.45. The van der Waals surface area contributed by atoms with Crippen LogP contribution < -0.4 is 4.74 Å². The Hall–Kier alpha value is -1.16. The van der Waals surface area contributed by atoms with Crippen LogP contribution in [0.1, 0.15) is 22.3 Å². The van der Waals surface area contributed by atoms with Crippen molar-refractivity contribution in [1.82, 2.24) is 0 Å². The summed E-state index contributed by atoms with van der Waals surface area (Å²) in [5.74, 6) is -0.227. The van der Waals surface area contributed by atoms with Gasteiger partial charge in [0.05, 0.1) is 5.56 Å². The summed E-state index contributed by atoms with van der Waals surface area (Å²) in [7, 11) is 0. The molecule has 88 valence electrons. The lowest BCUT2D eigenvalue weighted by Crippen LogP contribution is -2.10. The zero-order chi connectivity index (χ0) is 12.1. The number of ketones is 1. The van der Waals surface area contributed by atoms with Crippen molar-refractivity contribution in [1.29, 1.82) is 0 Å². The Bertz CT molecular complexity index is 380. The maximum absolute atomic E-state index is 12.1. The molecule has 1 aromatic rings. The van der Waals surface area contributed by atoms with Crippen LogP contribution in [0, 0.1) is 6.92 Å². The number of aryl methyl sites for hydroxylation is 1. The standard InChI is InChI=1S/C11H11ClF2O2/c1-7-3-2-4-9(16-11(13)14)10(7)8(15)5-6-12/h2-4,11H,5-6H2,1H3. The molecule has 0 aliphatic carbocycles. The third-order valence-electron chi connectivity index (χ3n) is 2.05. The van der Waals surface area contributed by atoms with E-state index in [0.29, 0.717) is 5.56 Å². The third-order valence-corrected chi connectivity index (χ3v) is 2.24. The molecule has 0 spiro atoms. The van der Waals surface area contributed by atoms with E-state index in [1.165, 1.54) is 6.07 Å². The van der Waals surface area contributed by atoms with Gasteiger partial charge in [-0.3, -0.25) is 4.79 Å². The Morgan fingerprint density at radius 3 is 2.75 bits per heavy atom. The van der Waals surface area contributed by atoms with Gasteiger partial charge in [0.2, 0.25) is 0 Å². The second-order valence-electron chi connectivity index (χ2n) is 3.19. The van der Waals surface area contributed by atoms with E-state index in [4.69, 9.17) is 11.6 Å². The van der Waals surface area contributed by atoms with E-state index in [2.05, 4.69) is 4.74 Å². The van der Waals surface area contributed by atoms with E-state index in [0.717, 1.165) is 0 Å². The minimum absolute atomic E-state index is 0.0925. The Kier molecular flexibility index (Phi) is 4.68. The second-order valence-corrected chi connectivity index (χ2v) is 3.57. The van der Waals surface area contributed by atoms with Crippen molar-refractivity contribution in [2.45, 2.75) is 20.0 Å². The molecule has 0 aliphatic rings. The number of Topliss-reactive ketones (excluding diaryl/α,β-unsaturated/α-hetero) is 1. The number of rotatable bonds is 5. The molecule has 0 fully saturated rings. The SMILES string of the molecule is Cc1cccc(OC(F)F)c1C(=O)CCCl. The maximum Gasteiger partial charge on any atom is 0.387 e. The van der Waals surface area contributed by atoms with Crippen molar-refractivity contribution in [3.05, 3.63) is 29.3 Å². The lowest BCUT2D eigenvalue weighted by atomic mass is 10.0. The van der Waals surface area contributed by atoms with Gasteiger partial charge in [0, 0.05) is 12.3 Å². The van der Waals surface area contributed by atoms with Gasteiger partial charge in [-0.2, -0.15) is 8.78 Å². The Morgan fingerprint density at radius 1 is 1.50 bits per heavy atom. The van der Waals surface area contributed by atoms with Gasteiger partial charge in [-0.1, -0.05) is 12.1 Å². The van der Waals surface area contributed by atoms with Gasteiger partial charge >= 0.3 is 6.61 Å². The molecule has 0 aromatic heterocycles. The molecule has 0 atom stereocenters. The number of carbonyl (C=O) groups excluding carboxylic acids is 1. The van der Waals surface area contributed by atoms with Crippen molar-refractivity contribution >= 4 is 17.4 Å². The summed E-state index contributed by atoms with van der Waals surface area (Å²) in [4.78, 5) is 11.7. The first-order chi connectivity index (χ1) is 7.56. The molecule has 0 saturated heterocycles. The highest BCUT2D eigenvalue weighted by atomic mass is 35.5. The highest BCUT2D eigenvalue weighted by Gasteiger charge is 2.17. The van der Waals surface area contributed by atoms with Crippen molar-refractivity contribution in [2.24, 2.45) is 0 Å². The van der Waals surface area contributed by atoms with Crippen LogP contribution >= 0.6 is 11.6 Å². The lowest BCUT2D eigenvalue weighted by molar-refractivity contribution is -0.0501. The molecule has 1 rings (SSSR count). The predicted octanol–water partition coefficient (Wildman–Crippen LogP) is 3.41. The summed E-state index contributed by atoms with van der Waals surface area (Å²) in [6, 6.07) is 4.57. The molecule has 2 nitrogen and oxygen atoms in total. The highest BCUT2D eigenvalue weighted by Crippen LogP contribution is 2.25. The second kappa shape index (κ2) is 5.80. The molecule has 0 radical (unpaired) electrons. The van der Waals surface area contributed by atoms with Gasteiger partial charge in [0.15, 0.2) is 5.78 Å². The third kappa shape index (κ3) is 3.17. The minimum atomic E-state index is -2.94. The first-order valence-corrected chi connectivity index (χ1v) is 5.23. The number of hydrogen-bond donors (Lipinski definition) is 0. The van der Waals surface area contributed by atoms with Crippen LogP contribution in [-0.2, 0) is 0 Å².